The minimum Gasteiger partial charge on any atom is -0.478 e. The summed E-state index contributed by atoms with van der Waals surface area (Å²) in [6.45, 7) is 4.79. The van der Waals surface area contributed by atoms with Gasteiger partial charge in [-0.15, -0.1) is 0 Å². The number of hydrogen-bond acceptors (Lipinski definition) is 4. The average molecular weight is 264 g/mol. The first-order chi connectivity index (χ1) is 8.45. The van der Waals surface area contributed by atoms with Gasteiger partial charge in [-0.25, -0.2) is 9.59 Å². The quantitative estimate of drug-likeness (QED) is 0.537. The summed E-state index contributed by atoms with van der Waals surface area (Å²) in [5.41, 5.74) is 0. The van der Waals surface area contributed by atoms with E-state index in [9.17, 15) is 9.59 Å². The van der Waals surface area contributed by atoms with Gasteiger partial charge in [-0.3, -0.25) is 0 Å². The zero-order chi connectivity index (χ0) is 14.8. The van der Waals surface area contributed by atoms with Crippen molar-refractivity contribution in [1.82, 2.24) is 0 Å². The van der Waals surface area contributed by atoms with Gasteiger partial charge < -0.3 is 20.4 Å². The van der Waals surface area contributed by atoms with Crippen LogP contribution >= 0.6 is 0 Å². The number of carbonyl (C=O) groups is 2. The molecule has 0 aliphatic rings. The Labute approximate surface area is 108 Å². The molecule has 0 atom stereocenters. The zero-order valence-corrected chi connectivity index (χ0v) is 11.0. The number of carboxylic acid groups (broad SMARTS) is 2. The van der Waals surface area contributed by atoms with Gasteiger partial charge in [0.2, 0.25) is 0 Å². The van der Waals surface area contributed by atoms with E-state index in [1.165, 1.54) is 0 Å². The van der Waals surface area contributed by atoms with Crippen LogP contribution in [0.25, 0.3) is 0 Å². The van der Waals surface area contributed by atoms with Crippen LogP contribution in [0.4, 0.5) is 0 Å². The molecule has 0 aromatic heterocycles. The molecule has 0 fully saturated rings. The molecule has 6 nitrogen and oxygen atoms in total. The molecule has 0 aliphatic heterocycles. The third kappa shape index (κ3) is 46.8. The van der Waals surface area contributed by atoms with Crippen LogP contribution in [0, 0.1) is 0 Å². The van der Waals surface area contributed by atoms with E-state index in [1.54, 1.807) is 0 Å². The molecule has 0 unspecified atom stereocenters. The van der Waals surface area contributed by atoms with E-state index in [4.69, 9.17) is 20.4 Å². The number of aliphatic hydroxyl groups excluding tert-OH is 2. The smallest absolute Gasteiger partial charge is 0.328 e. The van der Waals surface area contributed by atoms with Crippen LogP contribution in [0.2, 0.25) is 0 Å². The molecule has 18 heavy (non-hydrogen) atoms. The van der Waals surface area contributed by atoms with Gasteiger partial charge in [-0.05, 0) is 12.8 Å². The van der Waals surface area contributed by atoms with Gasteiger partial charge >= 0.3 is 11.9 Å². The van der Waals surface area contributed by atoms with Gasteiger partial charge in [0.1, 0.15) is 0 Å². The van der Waals surface area contributed by atoms with Gasteiger partial charge in [0.25, 0.3) is 0 Å². The molecule has 0 radical (unpaired) electrons. The largest absolute Gasteiger partial charge is 0.478 e. The highest BCUT2D eigenvalue weighted by atomic mass is 16.4. The summed E-state index contributed by atoms with van der Waals surface area (Å²) in [6.07, 6.45) is 5.19. The first-order valence-electron chi connectivity index (χ1n) is 5.81. The standard InChI is InChI=1S/C4H4O4.2C4H10O/c5-3(6)1-2-4(7)8;2*1-2-3-4-5/h1-2H,(H,5,6)(H,7,8);2*5H,2-4H2,1H3/b2-1-;;. The number of hydrogen-bond donors (Lipinski definition) is 4. The van der Waals surface area contributed by atoms with Gasteiger partial charge in [0.15, 0.2) is 0 Å². The van der Waals surface area contributed by atoms with Crippen LogP contribution in [0.15, 0.2) is 12.2 Å². The molecule has 6 heteroatoms. The SMILES string of the molecule is CCCCO.CCCCO.O=C(O)/C=C\C(=O)O. The molecule has 0 spiro atoms. The molecule has 0 amide bonds. The Kier molecular flexibility index (Phi) is 25.4. The average Bonchev–Trinajstić information content (AvgIpc) is 2.30. The fourth-order valence-corrected chi connectivity index (χ4v) is 0.459. The lowest BCUT2D eigenvalue weighted by Gasteiger charge is -1.79. The summed E-state index contributed by atoms with van der Waals surface area (Å²) in [4.78, 5) is 19.1. The lowest BCUT2D eigenvalue weighted by Crippen LogP contribution is -1.91. The topological polar surface area (TPSA) is 115 Å². The van der Waals surface area contributed by atoms with E-state index in [-0.39, 0.29) is 0 Å². The summed E-state index contributed by atoms with van der Waals surface area (Å²) in [7, 11) is 0. The molecule has 0 aromatic rings. The molecular weight excluding hydrogens is 240 g/mol. The molecule has 0 aliphatic carbocycles. The number of unbranched alkanes of at least 4 members (excludes halogenated alkanes) is 2. The van der Waals surface area contributed by atoms with E-state index in [0.29, 0.717) is 25.4 Å². The Morgan fingerprint density at radius 2 is 1.11 bits per heavy atom. The molecule has 4 N–H and O–H groups in total. The van der Waals surface area contributed by atoms with Crippen molar-refractivity contribution in [1.29, 1.82) is 0 Å². The maximum absolute atomic E-state index is 9.55. The van der Waals surface area contributed by atoms with Crippen LogP contribution in [0.5, 0.6) is 0 Å². The summed E-state index contributed by atoms with van der Waals surface area (Å²) in [5, 5.41) is 31.8. The predicted octanol–water partition coefficient (Wildman–Crippen LogP) is 1.27. The van der Waals surface area contributed by atoms with Crippen LogP contribution < -0.4 is 0 Å². The van der Waals surface area contributed by atoms with Crippen molar-refractivity contribution in [2.75, 3.05) is 13.2 Å². The molecule has 0 saturated carbocycles. The van der Waals surface area contributed by atoms with E-state index >= 15 is 0 Å². The van der Waals surface area contributed by atoms with E-state index in [2.05, 4.69) is 13.8 Å². The number of aliphatic carboxylic acids is 2. The predicted molar refractivity (Wildman–Crippen MR) is 68.4 cm³/mol. The van der Waals surface area contributed by atoms with E-state index in [0.717, 1.165) is 25.7 Å². The van der Waals surface area contributed by atoms with Crippen LogP contribution in [0.1, 0.15) is 39.5 Å². The fourth-order valence-electron chi connectivity index (χ4n) is 0.459. The third-order valence-corrected chi connectivity index (χ3v) is 1.39. The Morgan fingerprint density at radius 3 is 1.17 bits per heavy atom. The second-order valence-electron chi connectivity index (χ2n) is 3.16. The molecule has 0 saturated heterocycles. The zero-order valence-electron chi connectivity index (χ0n) is 11.0. The van der Waals surface area contributed by atoms with Crippen molar-refractivity contribution in [2.24, 2.45) is 0 Å². The minimum atomic E-state index is -1.26. The monoisotopic (exact) mass is 264 g/mol. The number of carboxylic acids is 2. The Balaban J connectivity index is -0.000000197. The van der Waals surface area contributed by atoms with Crippen molar-refractivity contribution in [3.8, 4) is 0 Å². The lowest BCUT2D eigenvalue weighted by atomic mass is 10.4. The fraction of sp³-hybridized carbons (Fsp3) is 0.667. The van der Waals surface area contributed by atoms with Gasteiger partial charge in [0, 0.05) is 25.4 Å². The van der Waals surface area contributed by atoms with Crippen LogP contribution in [-0.2, 0) is 9.59 Å². The van der Waals surface area contributed by atoms with E-state index < -0.39 is 11.9 Å². The number of rotatable bonds is 6. The maximum Gasteiger partial charge on any atom is 0.328 e. The summed E-state index contributed by atoms with van der Waals surface area (Å²) in [5.74, 6) is -2.51. The normalized spacial score (nSPS) is 8.89. The maximum atomic E-state index is 9.55. The Morgan fingerprint density at radius 1 is 0.833 bits per heavy atom. The molecule has 108 valence electrons. The van der Waals surface area contributed by atoms with Crippen LogP contribution in [0.3, 0.4) is 0 Å². The van der Waals surface area contributed by atoms with Crippen molar-refractivity contribution in [2.45, 2.75) is 39.5 Å². The second kappa shape index (κ2) is 20.9. The van der Waals surface area contributed by atoms with Crippen molar-refractivity contribution >= 4 is 11.9 Å². The summed E-state index contributed by atoms with van der Waals surface area (Å²) < 4.78 is 0. The molecular formula is C12H24O6. The summed E-state index contributed by atoms with van der Waals surface area (Å²) in [6, 6.07) is 0. The minimum absolute atomic E-state index is 0.344. The highest BCUT2D eigenvalue weighted by molar-refractivity contribution is 5.89. The second-order valence-corrected chi connectivity index (χ2v) is 3.16. The van der Waals surface area contributed by atoms with Gasteiger partial charge in [0.05, 0.1) is 0 Å². The van der Waals surface area contributed by atoms with Crippen molar-refractivity contribution in [3.63, 3.8) is 0 Å². The first-order valence-corrected chi connectivity index (χ1v) is 5.81. The first kappa shape index (κ1) is 21.8. The molecule has 0 aromatic carbocycles. The van der Waals surface area contributed by atoms with E-state index in [1.807, 2.05) is 0 Å². The molecule has 0 heterocycles. The highest BCUT2D eigenvalue weighted by Crippen LogP contribution is 1.79. The number of aliphatic hydroxyl groups is 2. The van der Waals surface area contributed by atoms with Crippen molar-refractivity contribution in [3.05, 3.63) is 12.2 Å². The van der Waals surface area contributed by atoms with Crippen molar-refractivity contribution < 1.29 is 30.0 Å². The molecule has 0 bridgehead atoms. The third-order valence-electron chi connectivity index (χ3n) is 1.39. The van der Waals surface area contributed by atoms with Crippen LogP contribution in [-0.4, -0.2) is 45.6 Å². The lowest BCUT2D eigenvalue weighted by molar-refractivity contribution is -0.134. The Bertz CT molecular complexity index is 187. The summed E-state index contributed by atoms with van der Waals surface area (Å²) >= 11 is 0. The van der Waals surface area contributed by atoms with Gasteiger partial charge in [-0.1, -0.05) is 26.7 Å². The highest BCUT2D eigenvalue weighted by Gasteiger charge is 1.88. The Hall–Kier alpha value is -1.40. The molecule has 0 rings (SSSR count). The van der Waals surface area contributed by atoms with Gasteiger partial charge in [-0.2, -0.15) is 0 Å².